The SMILES string of the molecule is C=CC(=O)N1CCN(c2nc(OC[C@@H]3CCCN3C3CC(=O)C3)nc3c2CN(C2CCc4ccccc42)C3)C[C@@H]1CC#N. The number of rotatable bonds is 8. The van der Waals surface area contributed by atoms with E-state index in [-0.39, 0.29) is 24.4 Å². The zero-order chi connectivity index (χ0) is 29.5. The third kappa shape index (κ3) is 5.30. The molecule has 5 aliphatic rings. The van der Waals surface area contributed by atoms with Gasteiger partial charge in [-0.05, 0) is 49.4 Å². The highest BCUT2D eigenvalue weighted by Crippen LogP contribution is 2.42. The standard InChI is InChI=1S/C33H39N7O3/c1-2-31(42)40-15-14-37(18-23(40)11-12-34)32-28-19-38(30-10-9-22-6-3-4-8-27(22)30)20-29(28)35-33(36-32)43-21-24-7-5-13-39(24)25-16-26(41)17-25/h2-4,6,8,23-25,30H,1,5,7,9-11,13-21H2/t23-,24-,30?/m0/s1. The Morgan fingerprint density at radius 3 is 2.79 bits per heavy atom. The van der Waals surface area contributed by atoms with Gasteiger partial charge in [0.1, 0.15) is 18.2 Å². The second kappa shape index (κ2) is 11.7. The number of piperazine rings is 1. The molecular formula is C33H39N7O3. The first-order chi connectivity index (χ1) is 21.0. The maximum Gasteiger partial charge on any atom is 0.318 e. The number of anilines is 1. The van der Waals surface area contributed by atoms with Gasteiger partial charge in [0, 0.05) is 69.3 Å². The number of benzene rings is 1. The molecule has 10 nitrogen and oxygen atoms in total. The molecule has 3 fully saturated rings. The van der Waals surface area contributed by atoms with E-state index in [2.05, 4.69) is 51.6 Å². The number of carbonyl (C=O) groups is 2. The van der Waals surface area contributed by atoms with Gasteiger partial charge in [-0.25, -0.2) is 0 Å². The van der Waals surface area contributed by atoms with Crippen molar-refractivity contribution in [3.63, 3.8) is 0 Å². The van der Waals surface area contributed by atoms with Gasteiger partial charge in [-0.3, -0.25) is 19.4 Å². The summed E-state index contributed by atoms with van der Waals surface area (Å²) >= 11 is 0. The lowest BCUT2D eigenvalue weighted by Crippen LogP contribution is -2.55. The van der Waals surface area contributed by atoms with Crippen molar-refractivity contribution in [3.05, 3.63) is 59.3 Å². The highest BCUT2D eigenvalue weighted by atomic mass is 16.5. The fourth-order valence-electron chi connectivity index (χ4n) is 7.82. The smallest absolute Gasteiger partial charge is 0.318 e. The van der Waals surface area contributed by atoms with Crippen molar-refractivity contribution in [3.8, 4) is 12.1 Å². The van der Waals surface area contributed by atoms with Crippen LogP contribution in [0.4, 0.5) is 5.82 Å². The number of ketones is 1. The van der Waals surface area contributed by atoms with Gasteiger partial charge >= 0.3 is 6.01 Å². The highest BCUT2D eigenvalue weighted by Gasteiger charge is 2.40. The number of nitriles is 1. The first-order valence-electron chi connectivity index (χ1n) is 15.7. The van der Waals surface area contributed by atoms with E-state index in [0.29, 0.717) is 63.0 Å². The Labute approximate surface area is 252 Å². The Bertz CT molecular complexity index is 1460. The molecule has 4 heterocycles. The van der Waals surface area contributed by atoms with E-state index in [0.717, 1.165) is 62.4 Å². The average molecular weight is 582 g/mol. The molecule has 10 heteroatoms. The molecular weight excluding hydrogens is 542 g/mol. The second-order valence-electron chi connectivity index (χ2n) is 12.6. The molecule has 43 heavy (non-hydrogen) atoms. The molecule has 7 rings (SSSR count). The summed E-state index contributed by atoms with van der Waals surface area (Å²) in [4.78, 5) is 43.1. The van der Waals surface area contributed by atoms with Crippen LogP contribution in [0.15, 0.2) is 36.9 Å². The number of hydrogen-bond acceptors (Lipinski definition) is 9. The second-order valence-corrected chi connectivity index (χ2v) is 12.6. The number of ether oxygens (including phenoxy) is 1. The summed E-state index contributed by atoms with van der Waals surface area (Å²) in [6, 6.07) is 12.1. The van der Waals surface area contributed by atoms with Crippen molar-refractivity contribution in [2.45, 2.75) is 82.2 Å². The molecule has 1 aromatic carbocycles. The lowest BCUT2D eigenvalue weighted by atomic mass is 9.89. The molecule has 1 aromatic heterocycles. The van der Waals surface area contributed by atoms with Crippen LogP contribution in [-0.4, -0.2) is 87.3 Å². The Morgan fingerprint density at radius 1 is 1.12 bits per heavy atom. The zero-order valence-corrected chi connectivity index (χ0v) is 24.7. The highest BCUT2D eigenvalue weighted by molar-refractivity contribution is 5.87. The number of amides is 1. The molecule has 1 unspecified atom stereocenters. The van der Waals surface area contributed by atoms with Crippen LogP contribution in [0.2, 0.25) is 0 Å². The fourth-order valence-corrected chi connectivity index (χ4v) is 7.82. The van der Waals surface area contributed by atoms with Gasteiger partial charge < -0.3 is 14.5 Å². The van der Waals surface area contributed by atoms with Crippen LogP contribution in [-0.2, 0) is 29.1 Å². The van der Waals surface area contributed by atoms with Crippen molar-refractivity contribution in [1.82, 2.24) is 24.7 Å². The van der Waals surface area contributed by atoms with Crippen molar-refractivity contribution < 1.29 is 14.3 Å². The van der Waals surface area contributed by atoms with Crippen molar-refractivity contribution in [2.24, 2.45) is 0 Å². The maximum absolute atomic E-state index is 12.6. The number of Topliss-reactive ketones (excluding diaryl/α,β-unsaturated/α-hetero) is 1. The van der Waals surface area contributed by atoms with Gasteiger partial charge in [0.2, 0.25) is 5.91 Å². The Kier molecular flexibility index (Phi) is 7.62. The Morgan fingerprint density at radius 2 is 1.98 bits per heavy atom. The monoisotopic (exact) mass is 581 g/mol. The lowest BCUT2D eigenvalue weighted by molar-refractivity contribution is -0.129. The summed E-state index contributed by atoms with van der Waals surface area (Å²) < 4.78 is 6.37. The fraction of sp³-hybridized carbons (Fsp3) is 0.545. The largest absolute Gasteiger partial charge is 0.462 e. The third-order valence-electron chi connectivity index (χ3n) is 10.1. The van der Waals surface area contributed by atoms with Gasteiger partial charge in [0.05, 0.1) is 24.2 Å². The molecule has 2 aliphatic carbocycles. The molecule has 1 saturated carbocycles. The molecule has 0 spiro atoms. The summed E-state index contributed by atoms with van der Waals surface area (Å²) in [5.74, 6) is 1.06. The quantitative estimate of drug-likeness (QED) is 0.435. The van der Waals surface area contributed by atoms with Crippen molar-refractivity contribution >= 4 is 17.5 Å². The van der Waals surface area contributed by atoms with Crippen LogP contribution in [0.5, 0.6) is 6.01 Å². The molecule has 3 atom stereocenters. The van der Waals surface area contributed by atoms with Crippen LogP contribution >= 0.6 is 0 Å². The molecule has 0 bridgehead atoms. The number of likely N-dealkylation sites (tertiary alicyclic amines) is 1. The summed E-state index contributed by atoms with van der Waals surface area (Å²) in [5, 5.41) is 9.55. The minimum Gasteiger partial charge on any atom is -0.462 e. The Hall–Kier alpha value is -3.81. The third-order valence-corrected chi connectivity index (χ3v) is 10.1. The van der Waals surface area contributed by atoms with Gasteiger partial charge in [0.15, 0.2) is 0 Å². The zero-order valence-electron chi connectivity index (χ0n) is 24.7. The minimum atomic E-state index is -0.240. The molecule has 0 N–H and O–H groups in total. The van der Waals surface area contributed by atoms with Gasteiger partial charge in [-0.2, -0.15) is 15.2 Å². The van der Waals surface area contributed by atoms with Crippen LogP contribution < -0.4 is 9.64 Å². The molecule has 2 saturated heterocycles. The summed E-state index contributed by atoms with van der Waals surface area (Å²) in [5.41, 5.74) is 4.95. The van der Waals surface area contributed by atoms with Crippen LogP contribution in [0.25, 0.3) is 0 Å². The predicted molar refractivity (Wildman–Crippen MR) is 160 cm³/mol. The van der Waals surface area contributed by atoms with E-state index in [1.165, 1.54) is 17.2 Å². The summed E-state index contributed by atoms with van der Waals surface area (Å²) in [6.07, 6.45) is 7.22. The van der Waals surface area contributed by atoms with Crippen molar-refractivity contribution in [1.29, 1.82) is 5.26 Å². The molecule has 2 aromatic rings. The van der Waals surface area contributed by atoms with Crippen LogP contribution in [0.1, 0.15) is 67.0 Å². The minimum absolute atomic E-state index is 0.141. The Balaban J connectivity index is 1.15. The molecule has 224 valence electrons. The first-order valence-corrected chi connectivity index (χ1v) is 15.7. The number of aromatic nitrogens is 2. The van der Waals surface area contributed by atoms with Crippen LogP contribution in [0, 0.1) is 11.3 Å². The normalized spacial score (nSPS) is 25.7. The van der Waals surface area contributed by atoms with E-state index < -0.39 is 0 Å². The maximum atomic E-state index is 12.6. The van der Waals surface area contributed by atoms with E-state index in [1.807, 2.05) is 0 Å². The number of aryl methyl sites for hydroxylation is 1. The summed E-state index contributed by atoms with van der Waals surface area (Å²) in [6.45, 7) is 8.30. The lowest BCUT2D eigenvalue weighted by Gasteiger charge is -2.41. The molecule has 0 radical (unpaired) electrons. The van der Waals surface area contributed by atoms with Crippen molar-refractivity contribution in [2.75, 3.05) is 37.7 Å². The average Bonchev–Trinajstić information content (AvgIpc) is 3.76. The van der Waals surface area contributed by atoms with E-state index >= 15 is 0 Å². The molecule has 3 aliphatic heterocycles. The topological polar surface area (TPSA) is 106 Å². The van der Waals surface area contributed by atoms with Gasteiger partial charge in [-0.1, -0.05) is 30.8 Å². The van der Waals surface area contributed by atoms with E-state index in [1.54, 1.807) is 4.90 Å². The molecule has 1 amide bonds. The van der Waals surface area contributed by atoms with Gasteiger partial charge in [-0.15, -0.1) is 0 Å². The number of fused-ring (bicyclic) bond motifs is 2. The van der Waals surface area contributed by atoms with E-state index in [9.17, 15) is 14.9 Å². The van der Waals surface area contributed by atoms with E-state index in [4.69, 9.17) is 14.7 Å². The number of nitrogens with zero attached hydrogens (tertiary/aromatic N) is 7. The van der Waals surface area contributed by atoms with Crippen LogP contribution in [0.3, 0.4) is 0 Å². The number of carbonyl (C=O) groups excluding carboxylic acids is 2. The van der Waals surface area contributed by atoms with Gasteiger partial charge in [0.25, 0.3) is 0 Å². The predicted octanol–water partition coefficient (Wildman–Crippen LogP) is 3.17. The summed E-state index contributed by atoms with van der Waals surface area (Å²) in [7, 11) is 0. The first kappa shape index (κ1) is 28.0. The number of hydrogen-bond donors (Lipinski definition) is 0.